The average molecular weight is 1160 g/mol. The van der Waals surface area contributed by atoms with Crippen LogP contribution in [-0.4, -0.2) is 47.4 Å². The minimum Gasteiger partial charge on any atom is -0.466 e. The fraction of sp³-hybridized carbons (Fsp3) is 0.844. The molecule has 0 spiro atoms. The Morgan fingerprint density at radius 2 is 0.602 bits per heavy atom. The second-order valence-electron chi connectivity index (χ2n) is 25.3. The number of amides is 1. The van der Waals surface area contributed by atoms with Crippen molar-refractivity contribution in [2.24, 2.45) is 0 Å². The van der Waals surface area contributed by atoms with Crippen molar-refractivity contribution >= 4 is 11.9 Å². The van der Waals surface area contributed by atoms with Gasteiger partial charge in [0.05, 0.1) is 25.4 Å². The predicted molar refractivity (Wildman–Crippen MR) is 365 cm³/mol. The van der Waals surface area contributed by atoms with Gasteiger partial charge in [0, 0.05) is 12.8 Å². The summed E-state index contributed by atoms with van der Waals surface area (Å²) in [5.74, 6) is -0.0653. The second-order valence-corrected chi connectivity index (χ2v) is 25.3. The fourth-order valence-electron chi connectivity index (χ4n) is 11.3. The summed E-state index contributed by atoms with van der Waals surface area (Å²) < 4.78 is 5.49. The van der Waals surface area contributed by atoms with E-state index in [-0.39, 0.29) is 18.5 Å². The van der Waals surface area contributed by atoms with Gasteiger partial charge < -0.3 is 20.3 Å². The second kappa shape index (κ2) is 72.0. The standard InChI is InChI=1S/C77H143NO5/c1-3-5-7-9-11-13-15-17-19-21-35-38-41-45-49-53-57-61-65-69-75(80)74(73-79)78-76(81)70-66-62-58-54-50-46-42-39-36-33-31-29-27-25-23-22-24-26-28-30-32-34-37-40-44-48-52-56-60-64-68-72-83-77(82)71-67-63-59-55-51-47-43-20-18-16-14-12-10-8-6-4-2/h14,16,20,24,26,30,32,43,65,69,74-75,79-80H,3-13,15,17-19,21-23,25,27-29,31,33-42,44-64,66-68,70-73H2,1-2H3,(H,78,81)/b16-14-,26-24-,32-30-,43-20-,69-65+. The highest BCUT2D eigenvalue weighted by Gasteiger charge is 2.18. The lowest BCUT2D eigenvalue weighted by molar-refractivity contribution is -0.143. The first-order chi connectivity index (χ1) is 41.0. The molecule has 6 nitrogen and oxygen atoms in total. The molecule has 83 heavy (non-hydrogen) atoms. The monoisotopic (exact) mass is 1160 g/mol. The third kappa shape index (κ3) is 68.5. The molecule has 0 rings (SSSR count). The molecule has 0 fully saturated rings. The van der Waals surface area contributed by atoms with Gasteiger partial charge >= 0.3 is 5.97 Å². The minimum atomic E-state index is -0.846. The van der Waals surface area contributed by atoms with Crippen molar-refractivity contribution in [3.8, 4) is 0 Å². The zero-order valence-electron chi connectivity index (χ0n) is 55.7. The molecule has 0 saturated heterocycles. The van der Waals surface area contributed by atoms with Crippen LogP contribution in [0.4, 0.5) is 0 Å². The van der Waals surface area contributed by atoms with E-state index in [1.165, 1.54) is 308 Å². The molecular formula is C77H143NO5. The summed E-state index contributed by atoms with van der Waals surface area (Å²) in [7, 11) is 0. The molecule has 0 aromatic carbocycles. The lowest BCUT2D eigenvalue weighted by Crippen LogP contribution is -2.45. The van der Waals surface area contributed by atoms with Gasteiger partial charge in [-0.2, -0.15) is 0 Å². The van der Waals surface area contributed by atoms with Crippen LogP contribution in [0.25, 0.3) is 0 Å². The molecular weight excluding hydrogens is 1020 g/mol. The first-order valence-corrected chi connectivity index (χ1v) is 37.1. The van der Waals surface area contributed by atoms with Gasteiger partial charge in [-0.15, -0.1) is 0 Å². The average Bonchev–Trinajstić information content (AvgIpc) is 3.48. The number of carbonyl (C=O) groups excluding carboxylic acids is 2. The van der Waals surface area contributed by atoms with Crippen molar-refractivity contribution < 1.29 is 24.5 Å². The van der Waals surface area contributed by atoms with Gasteiger partial charge in [0.15, 0.2) is 0 Å². The maximum Gasteiger partial charge on any atom is 0.305 e. The lowest BCUT2D eigenvalue weighted by Gasteiger charge is -2.20. The smallest absolute Gasteiger partial charge is 0.305 e. The molecule has 3 N–H and O–H groups in total. The molecule has 0 radical (unpaired) electrons. The summed E-state index contributed by atoms with van der Waals surface area (Å²) in [6.45, 7) is 4.91. The van der Waals surface area contributed by atoms with Crippen molar-refractivity contribution in [1.82, 2.24) is 5.32 Å². The van der Waals surface area contributed by atoms with Crippen LogP contribution in [0.3, 0.4) is 0 Å². The normalized spacial score (nSPS) is 12.9. The molecule has 2 atom stereocenters. The Kier molecular flexibility index (Phi) is 69.9. The van der Waals surface area contributed by atoms with Crippen molar-refractivity contribution in [2.45, 2.75) is 405 Å². The number of nitrogens with one attached hydrogen (secondary N) is 1. The maximum atomic E-state index is 12.5. The topological polar surface area (TPSA) is 95.9 Å². The Bertz CT molecular complexity index is 1430. The molecule has 0 aliphatic heterocycles. The summed E-state index contributed by atoms with van der Waals surface area (Å²) in [4.78, 5) is 24.6. The number of aliphatic hydroxyl groups is 2. The summed E-state index contributed by atoms with van der Waals surface area (Å²) in [6.07, 6.45) is 96.0. The summed E-state index contributed by atoms with van der Waals surface area (Å²) in [5.41, 5.74) is 0. The molecule has 6 heteroatoms. The van der Waals surface area contributed by atoms with E-state index < -0.39 is 12.1 Å². The van der Waals surface area contributed by atoms with Crippen LogP contribution in [0, 0.1) is 0 Å². The summed E-state index contributed by atoms with van der Waals surface area (Å²) >= 11 is 0. The zero-order valence-corrected chi connectivity index (χ0v) is 55.7. The quantitative estimate of drug-likeness (QED) is 0.0320. The number of aliphatic hydroxyl groups excluding tert-OH is 2. The number of allylic oxidation sites excluding steroid dienone is 9. The number of esters is 1. The van der Waals surface area contributed by atoms with Gasteiger partial charge in [0.1, 0.15) is 0 Å². The first-order valence-electron chi connectivity index (χ1n) is 37.1. The number of hydrogen-bond donors (Lipinski definition) is 3. The van der Waals surface area contributed by atoms with E-state index in [1.807, 2.05) is 6.08 Å². The summed E-state index contributed by atoms with van der Waals surface area (Å²) in [6, 6.07) is -0.629. The molecule has 0 aliphatic carbocycles. The van der Waals surface area contributed by atoms with Crippen LogP contribution in [0.1, 0.15) is 393 Å². The first kappa shape index (κ1) is 80.6. The van der Waals surface area contributed by atoms with E-state index in [1.54, 1.807) is 6.08 Å². The molecule has 2 unspecified atom stereocenters. The van der Waals surface area contributed by atoms with E-state index in [9.17, 15) is 19.8 Å². The van der Waals surface area contributed by atoms with E-state index in [4.69, 9.17) is 4.74 Å². The summed E-state index contributed by atoms with van der Waals surface area (Å²) in [5, 5.41) is 23.2. The van der Waals surface area contributed by atoms with Crippen molar-refractivity contribution in [3.05, 3.63) is 60.8 Å². The van der Waals surface area contributed by atoms with Crippen LogP contribution in [0.15, 0.2) is 60.8 Å². The Hall–Kier alpha value is -2.44. The van der Waals surface area contributed by atoms with Gasteiger partial charge in [-0.1, -0.05) is 344 Å². The van der Waals surface area contributed by atoms with Gasteiger partial charge in [-0.3, -0.25) is 9.59 Å². The molecule has 486 valence electrons. The van der Waals surface area contributed by atoms with Crippen molar-refractivity contribution in [3.63, 3.8) is 0 Å². The van der Waals surface area contributed by atoms with E-state index in [0.29, 0.717) is 19.4 Å². The van der Waals surface area contributed by atoms with Crippen LogP contribution in [0.2, 0.25) is 0 Å². The van der Waals surface area contributed by atoms with Gasteiger partial charge in [0.2, 0.25) is 5.91 Å². The number of unbranched alkanes of at least 4 members (excludes halogenated alkanes) is 50. The van der Waals surface area contributed by atoms with Crippen LogP contribution in [-0.2, 0) is 14.3 Å². The molecule has 0 saturated carbocycles. The number of ether oxygens (including phenoxy) is 1. The number of hydrogen-bond acceptors (Lipinski definition) is 5. The fourth-order valence-corrected chi connectivity index (χ4v) is 11.3. The predicted octanol–water partition coefficient (Wildman–Crippen LogP) is 24.2. The Morgan fingerprint density at radius 3 is 0.928 bits per heavy atom. The van der Waals surface area contributed by atoms with Gasteiger partial charge in [-0.05, 0) is 96.3 Å². The third-order valence-corrected chi connectivity index (χ3v) is 17.0. The van der Waals surface area contributed by atoms with Crippen LogP contribution >= 0.6 is 0 Å². The van der Waals surface area contributed by atoms with Crippen LogP contribution in [0.5, 0.6) is 0 Å². The minimum absolute atomic E-state index is 0.000610. The van der Waals surface area contributed by atoms with E-state index in [0.717, 1.165) is 57.8 Å². The van der Waals surface area contributed by atoms with Crippen molar-refractivity contribution in [1.29, 1.82) is 0 Å². The third-order valence-electron chi connectivity index (χ3n) is 17.0. The Labute approximate surface area is 518 Å². The largest absolute Gasteiger partial charge is 0.466 e. The van der Waals surface area contributed by atoms with E-state index in [2.05, 4.69) is 67.8 Å². The molecule has 0 aliphatic rings. The molecule has 0 aromatic rings. The van der Waals surface area contributed by atoms with E-state index >= 15 is 0 Å². The van der Waals surface area contributed by atoms with Gasteiger partial charge in [-0.25, -0.2) is 0 Å². The highest BCUT2D eigenvalue weighted by atomic mass is 16.5. The van der Waals surface area contributed by atoms with Crippen molar-refractivity contribution in [2.75, 3.05) is 13.2 Å². The Morgan fingerprint density at radius 1 is 0.337 bits per heavy atom. The molecule has 0 bridgehead atoms. The van der Waals surface area contributed by atoms with Gasteiger partial charge in [0.25, 0.3) is 0 Å². The Balaban J connectivity index is 3.42. The maximum absolute atomic E-state index is 12.5. The number of carbonyl (C=O) groups is 2. The highest BCUT2D eigenvalue weighted by molar-refractivity contribution is 5.76. The zero-order chi connectivity index (χ0) is 59.9. The lowest BCUT2D eigenvalue weighted by atomic mass is 10.0. The molecule has 1 amide bonds. The molecule has 0 aromatic heterocycles. The number of rotatable bonds is 69. The molecule has 0 heterocycles. The highest BCUT2D eigenvalue weighted by Crippen LogP contribution is 2.18. The van der Waals surface area contributed by atoms with Crippen LogP contribution < -0.4 is 5.32 Å². The SMILES string of the molecule is CCCCCC/C=C\C/C=C\CCCCCCCC(=O)OCCCCCCCCCCC/C=C\C/C=C\CCCCCCCCCCCCCCCCCC(=O)NC(CO)C(O)/C=C/CCCCCCCCCCCCCCCCCCC.